The highest BCUT2D eigenvalue weighted by atomic mass is 16.5. The maximum Gasteiger partial charge on any atom is 0.256 e. The minimum Gasteiger partial charge on any atom is -0.478 e. The average molecular weight is 292 g/mol. The lowest BCUT2D eigenvalue weighted by Crippen LogP contribution is -2.47. The maximum absolute atomic E-state index is 12.6. The van der Waals surface area contributed by atoms with E-state index in [0.717, 1.165) is 25.7 Å². The quantitative estimate of drug-likeness (QED) is 0.906. The van der Waals surface area contributed by atoms with Gasteiger partial charge in [0.1, 0.15) is 5.60 Å². The molecule has 1 aliphatic carbocycles. The number of aromatic nitrogens is 1. The first-order chi connectivity index (χ1) is 10.1. The van der Waals surface area contributed by atoms with Gasteiger partial charge in [0.15, 0.2) is 0 Å². The van der Waals surface area contributed by atoms with Crippen LogP contribution in [0.1, 0.15) is 39.5 Å². The van der Waals surface area contributed by atoms with E-state index in [-0.39, 0.29) is 5.91 Å². The molecule has 0 aromatic carbocycles. The average Bonchev–Trinajstić information content (AvgIpc) is 2.49. The zero-order valence-corrected chi connectivity index (χ0v) is 13.0. The number of carbonyl (C=O) groups excluding carboxylic acids is 1. The molecule has 1 aromatic rings. The van der Waals surface area contributed by atoms with Gasteiger partial charge in [0, 0.05) is 13.2 Å². The number of anilines is 1. The van der Waals surface area contributed by atoms with Gasteiger partial charge in [0.05, 0.1) is 18.5 Å². The molecule has 2 rings (SSSR count). The van der Waals surface area contributed by atoms with Gasteiger partial charge in [-0.25, -0.2) is 4.98 Å². The minimum atomic E-state index is -0.712. The number of rotatable bonds is 5. The number of hydrogen-bond acceptors (Lipinski definition) is 4. The molecule has 0 radical (unpaired) electrons. The van der Waals surface area contributed by atoms with E-state index in [1.54, 1.807) is 25.4 Å². The number of hydrogen-bond donors (Lipinski definition) is 1. The largest absolute Gasteiger partial charge is 0.478 e. The Morgan fingerprint density at radius 1 is 1.52 bits per heavy atom. The number of nitrogens with one attached hydrogen (secondary N) is 1. The van der Waals surface area contributed by atoms with Crippen molar-refractivity contribution < 1.29 is 14.3 Å². The Bertz CT molecular complexity index is 475. The molecular formula is C16H24N2O3. The highest BCUT2D eigenvalue weighted by molar-refractivity contribution is 5.97. The molecule has 5 nitrogen and oxygen atoms in total. The fraction of sp³-hybridized carbons (Fsp3) is 0.625. The summed E-state index contributed by atoms with van der Waals surface area (Å²) in [4.78, 5) is 16.7. The van der Waals surface area contributed by atoms with Crippen LogP contribution in [0.2, 0.25) is 0 Å². The van der Waals surface area contributed by atoms with Crippen LogP contribution in [-0.2, 0) is 9.53 Å². The zero-order chi connectivity index (χ0) is 15.3. The van der Waals surface area contributed by atoms with E-state index in [9.17, 15) is 4.79 Å². The summed E-state index contributed by atoms with van der Waals surface area (Å²) in [6, 6.07) is 3.55. The van der Waals surface area contributed by atoms with Crippen molar-refractivity contribution in [1.29, 1.82) is 0 Å². The van der Waals surface area contributed by atoms with Gasteiger partial charge >= 0.3 is 0 Å². The van der Waals surface area contributed by atoms with Gasteiger partial charge in [0.25, 0.3) is 5.91 Å². The number of amides is 1. The fourth-order valence-corrected chi connectivity index (χ4v) is 2.92. The summed E-state index contributed by atoms with van der Waals surface area (Å²) < 4.78 is 10.9. The summed E-state index contributed by atoms with van der Waals surface area (Å²) in [5, 5.41) is 2.91. The Labute approximate surface area is 126 Å². The molecule has 0 bridgehead atoms. The Hall–Kier alpha value is -1.62. The summed E-state index contributed by atoms with van der Waals surface area (Å²) in [5.41, 5.74) is -0.0471. The molecule has 21 heavy (non-hydrogen) atoms. The number of carbonyl (C=O) groups is 1. The molecule has 1 aliphatic rings. The molecule has 1 saturated carbocycles. The predicted octanol–water partition coefficient (Wildman–Crippen LogP) is 3.01. The van der Waals surface area contributed by atoms with E-state index in [4.69, 9.17) is 9.47 Å². The van der Waals surface area contributed by atoms with Gasteiger partial charge in [-0.1, -0.05) is 13.3 Å². The number of pyridine rings is 1. The predicted molar refractivity (Wildman–Crippen MR) is 81.4 cm³/mol. The van der Waals surface area contributed by atoms with Crippen LogP contribution in [-0.4, -0.2) is 30.2 Å². The van der Waals surface area contributed by atoms with Crippen LogP contribution in [0.3, 0.4) is 0 Å². The molecule has 0 saturated heterocycles. The summed E-state index contributed by atoms with van der Waals surface area (Å²) in [7, 11) is 1.62. The van der Waals surface area contributed by atoms with Crippen molar-refractivity contribution >= 4 is 11.6 Å². The molecular weight excluding hydrogens is 268 g/mol. The third-order valence-corrected chi connectivity index (χ3v) is 4.05. The van der Waals surface area contributed by atoms with Gasteiger partial charge in [-0.3, -0.25) is 4.79 Å². The second kappa shape index (κ2) is 6.89. The van der Waals surface area contributed by atoms with E-state index in [1.165, 1.54) is 0 Å². The van der Waals surface area contributed by atoms with Gasteiger partial charge in [-0.15, -0.1) is 0 Å². The molecule has 0 unspecified atom stereocenters. The summed E-state index contributed by atoms with van der Waals surface area (Å²) in [6.07, 6.45) is 5.31. The number of ether oxygens (including phenoxy) is 2. The Kier molecular flexibility index (Phi) is 5.17. The van der Waals surface area contributed by atoms with E-state index in [0.29, 0.717) is 24.1 Å². The molecule has 0 aliphatic heterocycles. The monoisotopic (exact) mass is 292 g/mol. The van der Waals surface area contributed by atoms with Crippen LogP contribution in [0.15, 0.2) is 18.3 Å². The lowest BCUT2D eigenvalue weighted by molar-refractivity contribution is -0.143. The van der Waals surface area contributed by atoms with Crippen LogP contribution < -0.4 is 10.1 Å². The minimum absolute atomic E-state index is 0.0810. The first-order valence-electron chi connectivity index (χ1n) is 7.55. The van der Waals surface area contributed by atoms with Crippen LogP contribution in [0.25, 0.3) is 0 Å². The van der Waals surface area contributed by atoms with Crippen LogP contribution in [0, 0.1) is 5.92 Å². The summed E-state index contributed by atoms with van der Waals surface area (Å²) in [6.45, 7) is 4.64. The van der Waals surface area contributed by atoms with Crippen molar-refractivity contribution in [3.05, 3.63) is 18.3 Å². The SMILES string of the molecule is CCOc1ccc(NC(=O)[C@@]2(OC)CCC[C@H](C)C2)cn1. The third kappa shape index (κ3) is 3.73. The lowest BCUT2D eigenvalue weighted by Gasteiger charge is -2.37. The normalized spacial score (nSPS) is 25.4. The molecule has 1 heterocycles. The first-order valence-corrected chi connectivity index (χ1v) is 7.55. The van der Waals surface area contributed by atoms with Crippen molar-refractivity contribution in [2.24, 2.45) is 5.92 Å². The standard InChI is InChI=1S/C16H24N2O3/c1-4-21-14-8-7-13(11-17-14)18-15(19)16(20-3)9-5-6-12(2)10-16/h7-8,11-12H,4-6,9-10H2,1-3H3,(H,18,19)/t12-,16+/m0/s1. The smallest absolute Gasteiger partial charge is 0.256 e. The van der Waals surface area contributed by atoms with Crippen molar-refractivity contribution in [3.8, 4) is 5.88 Å². The molecule has 5 heteroatoms. The van der Waals surface area contributed by atoms with Crippen molar-refractivity contribution in [2.75, 3.05) is 19.0 Å². The third-order valence-electron chi connectivity index (χ3n) is 4.05. The molecule has 1 aromatic heterocycles. The second-order valence-electron chi connectivity index (χ2n) is 5.67. The highest BCUT2D eigenvalue weighted by Gasteiger charge is 2.41. The van der Waals surface area contributed by atoms with Crippen LogP contribution in [0.5, 0.6) is 5.88 Å². The van der Waals surface area contributed by atoms with Gasteiger partial charge in [-0.05, 0) is 38.2 Å². The molecule has 116 valence electrons. The molecule has 1 amide bonds. The highest BCUT2D eigenvalue weighted by Crippen LogP contribution is 2.35. The topological polar surface area (TPSA) is 60.5 Å². The zero-order valence-electron chi connectivity index (χ0n) is 13.0. The fourth-order valence-electron chi connectivity index (χ4n) is 2.92. The van der Waals surface area contributed by atoms with Crippen LogP contribution in [0.4, 0.5) is 5.69 Å². The Balaban J connectivity index is 2.05. The maximum atomic E-state index is 12.6. The first kappa shape index (κ1) is 15.8. The molecule has 2 atom stereocenters. The van der Waals surface area contributed by atoms with Crippen molar-refractivity contribution in [3.63, 3.8) is 0 Å². The van der Waals surface area contributed by atoms with E-state index in [2.05, 4.69) is 17.2 Å². The van der Waals surface area contributed by atoms with Crippen molar-refractivity contribution in [1.82, 2.24) is 4.98 Å². The number of nitrogens with zero attached hydrogens (tertiary/aromatic N) is 1. The van der Waals surface area contributed by atoms with E-state index in [1.807, 2.05) is 6.92 Å². The second-order valence-corrected chi connectivity index (χ2v) is 5.67. The van der Waals surface area contributed by atoms with E-state index >= 15 is 0 Å². The Morgan fingerprint density at radius 3 is 2.90 bits per heavy atom. The van der Waals surface area contributed by atoms with E-state index < -0.39 is 5.60 Å². The lowest BCUT2D eigenvalue weighted by atomic mass is 9.78. The Morgan fingerprint density at radius 2 is 2.33 bits per heavy atom. The van der Waals surface area contributed by atoms with Gasteiger partial charge in [0.2, 0.25) is 5.88 Å². The van der Waals surface area contributed by atoms with Crippen molar-refractivity contribution in [2.45, 2.75) is 45.1 Å². The summed E-state index contributed by atoms with van der Waals surface area (Å²) in [5.74, 6) is 0.980. The van der Waals surface area contributed by atoms with Gasteiger partial charge < -0.3 is 14.8 Å². The number of methoxy groups -OCH3 is 1. The summed E-state index contributed by atoms with van der Waals surface area (Å²) >= 11 is 0. The van der Waals surface area contributed by atoms with Gasteiger partial charge in [-0.2, -0.15) is 0 Å². The molecule has 1 N–H and O–H groups in total. The molecule has 1 fully saturated rings. The molecule has 0 spiro atoms. The van der Waals surface area contributed by atoms with Crippen LogP contribution >= 0.6 is 0 Å².